The molecule has 3 aromatic rings. The fraction of sp³-hybridized carbons (Fsp3) is 0.200. The number of hydrogen-bond acceptors (Lipinski definition) is 4. The van der Waals surface area contributed by atoms with Crippen LogP contribution in [-0.2, 0) is 16.4 Å². The Morgan fingerprint density at radius 3 is 2.73 bits per heavy atom. The van der Waals surface area contributed by atoms with E-state index in [2.05, 4.69) is 4.72 Å². The van der Waals surface area contributed by atoms with Gasteiger partial charge in [0.2, 0.25) is 10.0 Å². The first kappa shape index (κ1) is 15.6. The minimum atomic E-state index is -3.55. The molecule has 7 heteroatoms. The standard InChI is InChI=1S/C15H14ClNO3S2/c1-10(17-22(18,19)15-7-6-14(16)21-15)8-12-9-11-4-2-3-5-13(11)20-12/h2-7,9-10,17H,8H2,1H3/t10-/m0/s1. The molecule has 0 unspecified atom stereocenters. The van der Waals surface area contributed by atoms with Crippen molar-refractivity contribution in [2.75, 3.05) is 0 Å². The molecule has 0 bridgehead atoms. The lowest BCUT2D eigenvalue weighted by Crippen LogP contribution is -2.33. The zero-order valence-electron chi connectivity index (χ0n) is 11.7. The van der Waals surface area contributed by atoms with E-state index in [0.29, 0.717) is 10.8 Å². The van der Waals surface area contributed by atoms with E-state index in [4.69, 9.17) is 16.0 Å². The third kappa shape index (κ3) is 3.35. The van der Waals surface area contributed by atoms with E-state index in [1.54, 1.807) is 13.0 Å². The highest BCUT2D eigenvalue weighted by atomic mass is 35.5. The van der Waals surface area contributed by atoms with Crippen LogP contribution >= 0.6 is 22.9 Å². The normalized spacial score (nSPS) is 13.5. The molecule has 3 rings (SSSR count). The van der Waals surface area contributed by atoms with E-state index in [-0.39, 0.29) is 10.3 Å². The Kier molecular flexibility index (Phi) is 4.27. The van der Waals surface area contributed by atoms with Crippen molar-refractivity contribution < 1.29 is 12.8 Å². The summed E-state index contributed by atoms with van der Waals surface area (Å²) in [6, 6.07) is 12.4. The Morgan fingerprint density at radius 2 is 2.05 bits per heavy atom. The maximum Gasteiger partial charge on any atom is 0.250 e. The number of benzene rings is 1. The largest absolute Gasteiger partial charge is 0.461 e. The number of furan rings is 1. The van der Waals surface area contributed by atoms with Crippen molar-refractivity contribution in [3.63, 3.8) is 0 Å². The summed E-state index contributed by atoms with van der Waals surface area (Å²) < 4.78 is 33.5. The molecule has 0 saturated carbocycles. The minimum absolute atomic E-state index is 0.217. The molecule has 4 nitrogen and oxygen atoms in total. The van der Waals surface area contributed by atoms with Crippen LogP contribution < -0.4 is 4.72 Å². The molecule has 1 atom stereocenters. The topological polar surface area (TPSA) is 59.3 Å². The van der Waals surface area contributed by atoms with Crippen molar-refractivity contribution in [1.29, 1.82) is 0 Å². The van der Waals surface area contributed by atoms with Gasteiger partial charge in [0.05, 0.1) is 4.34 Å². The average molecular weight is 356 g/mol. The van der Waals surface area contributed by atoms with E-state index in [9.17, 15) is 8.42 Å². The van der Waals surface area contributed by atoms with Crippen molar-refractivity contribution in [2.45, 2.75) is 23.6 Å². The second kappa shape index (κ2) is 6.04. The Labute approximate surface area is 137 Å². The highest BCUT2D eigenvalue weighted by Gasteiger charge is 2.20. The minimum Gasteiger partial charge on any atom is -0.461 e. The first-order chi connectivity index (χ1) is 10.4. The van der Waals surface area contributed by atoms with Gasteiger partial charge in [-0.25, -0.2) is 13.1 Å². The fourth-order valence-corrected chi connectivity index (χ4v) is 4.99. The molecule has 0 saturated heterocycles. The van der Waals surface area contributed by atoms with Crippen LogP contribution in [0.5, 0.6) is 0 Å². The molecule has 1 N–H and O–H groups in total. The highest BCUT2D eigenvalue weighted by molar-refractivity contribution is 7.91. The van der Waals surface area contributed by atoms with Gasteiger partial charge in [-0.3, -0.25) is 0 Å². The van der Waals surface area contributed by atoms with E-state index in [1.165, 1.54) is 6.07 Å². The number of fused-ring (bicyclic) bond motifs is 1. The van der Waals surface area contributed by atoms with Crippen LogP contribution in [0.25, 0.3) is 11.0 Å². The van der Waals surface area contributed by atoms with Gasteiger partial charge < -0.3 is 4.42 Å². The number of sulfonamides is 1. The fourth-order valence-electron chi connectivity index (χ4n) is 2.25. The summed E-state index contributed by atoms with van der Waals surface area (Å²) in [7, 11) is -3.55. The maximum atomic E-state index is 12.2. The second-order valence-corrected chi connectivity index (χ2v) is 8.69. The first-order valence-corrected chi connectivity index (χ1v) is 9.37. The van der Waals surface area contributed by atoms with Gasteiger partial charge in [0.25, 0.3) is 0 Å². The summed E-state index contributed by atoms with van der Waals surface area (Å²) in [5.74, 6) is 0.751. The number of halogens is 1. The van der Waals surface area contributed by atoms with Crippen molar-refractivity contribution in [3.05, 3.63) is 52.6 Å². The summed E-state index contributed by atoms with van der Waals surface area (Å²) in [5.41, 5.74) is 0.803. The van der Waals surface area contributed by atoms with Crippen molar-refractivity contribution in [3.8, 4) is 0 Å². The Bertz CT molecular complexity index is 865. The summed E-state index contributed by atoms with van der Waals surface area (Å²) in [5, 5.41) is 1.01. The predicted molar refractivity (Wildman–Crippen MR) is 89.0 cm³/mol. The van der Waals surface area contributed by atoms with Crippen LogP contribution in [0.1, 0.15) is 12.7 Å². The van der Waals surface area contributed by atoms with Gasteiger partial charge in [0.1, 0.15) is 15.6 Å². The number of thiophene rings is 1. The molecule has 0 fully saturated rings. The molecule has 0 amide bonds. The Hall–Kier alpha value is -1.34. The first-order valence-electron chi connectivity index (χ1n) is 6.69. The smallest absolute Gasteiger partial charge is 0.250 e. The van der Waals surface area contributed by atoms with Crippen LogP contribution in [-0.4, -0.2) is 14.5 Å². The third-order valence-electron chi connectivity index (χ3n) is 3.15. The lowest BCUT2D eigenvalue weighted by atomic mass is 10.2. The molecule has 2 heterocycles. The monoisotopic (exact) mass is 355 g/mol. The third-order valence-corrected chi connectivity index (χ3v) is 6.47. The molecule has 22 heavy (non-hydrogen) atoms. The van der Waals surface area contributed by atoms with Crippen molar-refractivity contribution in [1.82, 2.24) is 4.72 Å². The van der Waals surface area contributed by atoms with Gasteiger partial charge in [0.15, 0.2) is 0 Å². The summed E-state index contributed by atoms with van der Waals surface area (Å²) in [6.45, 7) is 1.81. The molecule has 0 radical (unpaired) electrons. The Morgan fingerprint density at radius 1 is 1.27 bits per heavy atom. The Balaban J connectivity index is 1.73. The molecular formula is C15H14ClNO3S2. The number of rotatable bonds is 5. The number of nitrogens with one attached hydrogen (secondary N) is 1. The molecule has 0 aliphatic rings. The predicted octanol–water partition coefficient (Wildman–Crippen LogP) is 4.06. The lowest BCUT2D eigenvalue weighted by molar-refractivity contribution is 0.504. The van der Waals surface area contributed by atoms with E-state index < -0.39 is 10.0 Å². The molecule has 116 valence electrons. The zero-order valence-corrected chi connectivity index (χ0v) is 14.1. The lowest BCUT2D eigenvalue weighted by Gasteiger charge is -2.11. The molecule has 1 aromatic carbocycles. The summed E-state index contributed by atoms with van der Waals surface area (Å²) in [4.78, 5) is 0. The van der Waals surface area contributed by atoms with Crippen LogP contribution in [0, 0.1) is 0 Å². The van der Waals surface area contributed by atoms with Gasteiger partial charge in [-0.05, 0) is 31.2 Å². The molecular weight excluding hydrogens is 342 g/mol. The van der Waals surface area contributed by atoms with Gasteiger partial charge in [-0.2, -0.15) is 0 Å². The van der Waals surface area contributed by atoms with Gasteiger partial charge >= 0.3 is 0 Å². The SMILES string of the molecule is C[C@@H](Cc1cc2ccccc2o1)NS(=O)(=O)c1ccc(Cl)s1. The second-order valence-electron chi connectivity index (χ2n) is 5.04. The van der Waals surface area contributed by atoms with E-state index in [0.717, 1.165) is 28.1 Å². The zero-order chi connectivity index (χ0) is 15.7. The van der Waals surface area contributed by atoms with Crippen LogP contribution in [0.2, 0.25) is 4.34 Å². The molecule has 2 aromatic heterocycles. The number of para-hydroxylation sites is 1. The van der Waals surface area contributed by atoms with Crippen LogP contribution in [0.4, 0.5) is 0 Å². The van der Waals surface area contributed by atoms with E-state index >= 15 is 0 Å². The van der Waals surface area contributed by atoms with Crippen LogP contribution in [0.15, 0.2) is 51.1 Å². The average Bonchev–Trinajstić information content (AvgIpc) is 3.03. The summed E-state index contributed by atoms with van der Waals surface area (Å²) >= 11 is 6.83. The van der Waals surface area contributed by atoms with Crippen molar-refractivity contribution >= 4 is 43.9 Å². The molecule has 0 spiro atoms. The van der Waals surface area contributed by atoms with Crippen LogP contribution in [0.3, 0.4) is 0 Å². The van der Waals surface area contributed by atoms with Gasteiger partial charge in [0, 0.05) is 17.8 Å². The van der Waals surface area contributed by atoms with Gasteiger partial charge in [-0.15, -0.1) is 11.3 Å². The quantitative estimate of drug-likeness (QED) is 0.750. The van der Waals surface area contributed by atoms with Gasteiger partial charge in [-0.1, -0.05) is 29.8 Å². The number of hydrogen-bond donors (Lipinski definition) is 1. The van der Waals surface area contributed by atoms with Crippen molar-refractivity contribution in [2.24, 2.45) is 0 Å². The molecule has 0 aliphatic carbocycles. The maximum absolute atomic E-state index is 12.2. The van der Waals surface area contributed by atoms with E-state index in [1.807, 2.05) is 30.3 Å². The highest BCUT2D eigenvalue weighted by Crippen LogP contribution is 2.26. The molecule has 0 aliphatic heterocycles. The summed E-state index contributed by atoms with van der Waals surface area (Å²) in [6.07, 6.45) is 0.479.